The lowest BCUT2D eigenvalue weighted by Crippen LogP contribution is -1.99. The molecule has 0 heterocycles. The van der Waals surface area contributed by atoms with E-state index in [0.29, 0.717) is 0 Å². The Bertz CT molecular complexity index is 451. The molecule has 2 rings (SSSR count). The van der Waals surface area contributed by atoms with Gasteiger partial charge in [0.05, 0.1) is 0 Å². The van der Waals surface area contributed by atoms with Crippen molar-refractivity contribution in [2.24, 2.45) is 0 Å². The molecule has 0 spiro atoms. The van der Waals surface area contributed by atoms with Crippen molar-refractivity contribution in [1.29, 1.82) is 0 Å². The molecule has 0 aliphatic heterocycles. The summed E-state index contributed by atoms with van der Waals surface area (Å²) in [7, 11) is 0. The third-order valence-electron chi connectivity index (χ3n) is 2.50. The van der Waals surface area contributed by atoms with Crippen molar-refractivity contribution in [1.82, 2.24) is 0 Å². The van der Waals surface area contributed by atoms with Gasteiger partial charge in [0.1, 0.15) is 0 Å². The van der Waals surface area contributed by atoms with Gasteiger partial charge in [-0.3, -0.25) is 0 Å². The third-order valence-corrected chi connectivity index (χ3v) is 2.50. The average molecular weight is 226 g/mol. The minimum absolute atomic E-state index is 1.01. The molecule has 2 nitrogen and oxygen atoms in total. The third kappa shape index (κ3) is 3.52. The monoisotopic (exact) mass is 226 g/mol. The maximum atomic E-state index is 3.38. The molecule has 0 bridgehead atoms. The number of hydrogen-bond donors (Lipinski definition) is 2. The Kier molecular flexibility index (Phi) is 4.03. The molecule has 0 saturated carbocycles. The van der Waals surface area contributed by atoms with Crippen molar-refractivity contribution in [2.45, 2.75) is 13.3 Å². The first kappa shape index (κ1) is 11.5. The van der Waals surface area contributed by atoms with E-state index in [1.54, 1.807) is 0 Å². The van der Waals surface area contributed by atoms with Gasteiger partial charge in [0.15, 0.2) is 0 Å². The number of nitrogens with one attached hydrogen (secondary N) is 2. The molecular weight excluding hydrogens is 208 g/mol. The fraction of sp³-hybridized carbons (Fsp3) is 0.200. The van der Waals surface area contributed by atoms with E-state index in [4.69, 9.17) is 0 Å². The van der Waals surface area contributed by atoms with Gasteiger partial charge in [-0.1, -0.05) is 31.2 Å². The molecule has 88 valence electrons. The standard InChI is InChI=1S/C15H18N2/c1-2-11-16-14-9-6-10-15(12-14)17-13-7-4-3-5-8-13/h3-10,12,16-17H,2,11H2,1H3. The molecule has 17 heavy (non-hydrogen) atoms. The average Bonchev–Trinajstić information content (AvgIpc) is 2.38. The van der Waals surface area contributed by atoms with Gasteiger partial charge < -0.3 is 10.6 Å². The lowest BCUT2D eigenvalue weighted by Gasteiger charge is -2.09. The van der Waals surface area contributed by atoms with Crippen molar-refractivity contribution in [3.05, 3.63) is 54.6 Å². The summed E-state index contributed by atoms with van der Waals surface area (Å²) in [4.78, 5) is 0. The van der Waals surface area contributed by atoms with E-state index in [1.165, 1.54) is 0 Å². The summed E-state index contributed by atoms with van der Waals surface area (Å²) in [6, 6.07) is 18.5. The van der Waals surface area contributed by atoms with Crippen LogP contribution in [-0.4, -0.2) is 6.54 Å². The van der Waals surface area contributed by atoms with Gasteiger partial charge >= 0.3 is 0 Å². The summed E-state index contributed by atoms with van der Waals surface area (Å²) in [5.41, 5.74) is 3.38. The number of benzene rings is 2. The Morgan fingerprint density at radius 1 is 0.824 bits per heavy atom. The molecule has 2 N–H and O–H groups in total. The molecule has 0 aliphatic carbocycles. The first-order chi connectivity index (χ1) is 8.38. The highest BCUT2D eigenvalue weighted by molar-refractivity contribution is 5.64. The van der Waals surface area contributed by atoms with E-state index in [-0.39, 0.29) is 0 Å². The molecule has 0 atom stereocenters. The van der Waals surface area contributed by atoms with Gasteiger partial charge in [-0.2, -0.15) is 0 Å². The second kappa shape index (κ2) is 5.94. The van der Waals surface area contributed by atoms with E-state index in [0.717, 1.165) is 30.0 Å². The highest BCUT2D eigenvalue weighted by Gasteiger charge is 1.95. The Morgan fingerprint density at radius 3 is 2.29 bits per heavy atom. The van der Waals surface area contributed by atoms with Gasteiger partial charge in [-0.05, 0) is 36.8 Å². The van der Waals surface area contributed by atoms with E-state index >= 15 is 0 Å². The van der Waals surface area contributed by atoms with Crippen LogP contribution >= 0.6 is 0 Å². The van der Waals surface area contributed by atoms with Gasteiger partial charge in [-0.15, -0.1) is 0 Å². The lowest BCUT2D eigenvalue weighted by atomic mass is 10.2. The maximum Gasteiger partial charge on any atom is 0.0404 e. The van der Waals surface area contributed by atoms with Crippen LogP contribution in [0.2, 0.25) is 0 Å². The van der Waals surface area contributed by atoms with Crippen molar-refractivity contribution in [3.63, 3.8) is 0 Å². The molecule has 0 fully saturated rings. The van der Waals surface area contributed by atoms with E-state index in [2.05, 4.69) is 54.0 Å². The maximum absolute atomic E-state index is 3.38. The largest absolute Gasteiger partial charge is 0.385 e. The summed E-state index contributed by atoms with van der Waals surface area (Å²) in [6.45, 7) is 3.17. The van der Waals surface area contributed by atoms with Gasteiger partial charge in [-0.25, -0.2) is 0 Å². The number of rotatable bonds is 5. The van der Waals surface area contributed by atoms with E-state index in [9.17, 15) is 0 Å². The van der Waals surface area contributed by atoms with Crippen molar-refractivity contribution in [3.8, 4) is 0 Å². The fourth-order valence-corrected chi connectivity index (χ4v) is 1.66. The molecule has 2 aromatic rings. The van der Waals surface area contributed by atoms with Crippen LogP contribution in [0.15, 0.2) is 54.6 Å². The van der Waals surface area contributed by atoms with Crippen LogP contribution in [-0.2, 0) is 0 Å². The zero-order valence-electron chi connectivity index (χ0n) is 10.1. The zero-order chi connectivity index (χ0) is 11.9. The van der Waals surface area contributed by atoms with Crippen LogP contribution in [0.1, 0.15) is 13.3 Å². The van der Waals surface area contributed by atoms with Crippen LogP contribution in [0, 0.1) is 0 Å². The Balaban J connectivity index is 2.06. The summed E-state index contributed by atoms with van der Waals surface area (Å²) in [5.74, 6) is 0. The molecule has 0 amide bonds. The molecule has 0 saturated heterocycles. The van der Waals surface area contributed by atoms with Crippen LogP contribution in [0.4, 0.5) is 17.1 Å². The highest BCUT2D eigenvalue weighted by Crippen LogP contribution is 2.19. The van der Waals surface area contributed by atoms with Gasteiger partial charge in [0.2, 0.25) is 0 Å². The summed E-state index contributed by atoms with van der Waals surface area (Å²) >= 11 is 0. The Hall–Kier alpha value is -1.96. The summed E-state index contributed by atoms with van der Waals surface area (Å²) in [6.07, 6.45) is 1.14. The molecule has 0 radical (unpaired) electrons. The quantitative estimate of drug-likeness (QED) is 0.796. The van der Waals surface area contributed by atoms with Crippen LogP contribution in [0.25, 0.3) is 0 Å². The van der Waals surface area contributed by atoms with Crippen molar-refractivity contribution in [2.75, 3.05) is 17.2 Å². The minimum Gasteiger partial charge on any atom is -0.385 e. The lowest BCUT2D eigenvalue weighted by molar-refractivity contribution is 0.980. The molecule has 0 aliphatic rings. The fourth-order valence-electron chi connectivity index (χ4n) is 1.66. The molecule has 0 aromatic heterocycles. The zero-order valence-corrected chi connectivity index (χ0v) is 10.1. The molecular formula is C15H18N2. The van der Waals surface area contributed by atoms with Crippen LogP contribution in [0.5, 0.6) is 0 Å². The minimum atomic E-state index is 1.01. The van der Waals surface area contributed by atoms with Gasteiger partial charge in [0.25, 0.3) is 0 Å². The Labute approximate surface area is 103 Å². The second-order valence-corrected chi connectivity index (χ2v) is 4.00. The molecule has 2 aromatic carbocycles. The first-order valence-electron chi connectivity index (χ1n) is 6.04. The van der Waals surface area contributed by atoms with E-state index in [1.807, 2.05) is 18.2 Å². The molecule has 0 unspecified atom stereocenters. The van der Waals surface area contributed by atoms with Gasteiger partial charge in [0, 0.05) is 23.6 Å². The number of para-hydroxylation sites is 1. The van der Waals surface area contributed by atoms with Crippen LogP contribution < -0.4 is 10.6 Å². The first-order valence-corrected chi connectivity index (χ1v) is 6.04. The van der Waals surface area contributed by atoms with E-state index < -0.39 is 0 Å². The normalized spacial score (nSPS) is 9.94. The number of anilines is 3. The highest BCUT2D eigenvalue weighted by atomic mass is 14.9. The summed E-state index contributed by atoms with van der Waals surface area (Å²) in [5, 5.41) is 6.76. The smallest absolute Gasteiger partial charge is 0.0404 e. The summed E-state index contributed by atoms with van der Waals surface area (Å²) < 4.78 is 0. The topological polar surface area (TPSA) is 24.1 Å². The van der Waals surface area contributed by atoms with Crippen molar-refractivity contribution >= 4 is 17.1 Å². The Morgan fingerprint density at radius 2 is 1.53 bits per heavy atom. The number of hydrogen-bond acceptors (Lipinski definition) is 2. The van der Waals surface area contributed by atoms with Crippen LogP contribution in [0.3, 0.4) is 0 Å². The predicted octanol–water partition coefficient (Wildman–Crippen LogP) is 4.25. The SMILES string of the molecule is CCCNc1cccc(Nc2ccccc2)c1. The predicted molar refractivity (Wildman–Crippen MR) is 74.9 cm³/mol. The van der Waals surface area contributed by atoms with Crippen molar-refractivity contribution < 1.29 is 0 Å². The molecule has 2 heteroatoms. The second-order valence-electron chi connectivity index (χ2n) is 4.00.